The average molecular weight is 289 g/mol. The van der Waals surface area contributed by atoms with Gasteiger partial charge in [-0.3, -0.25) is 4.79 Å². The fourth-order valence-corrected chi connectivity index (χ4v) is 2.51. The van der Waals surface area contributed by atoms with Crippen LogP contribution in [0, 0.1) is 5.92 Å². The molecule has 1 amide bonds. The second-order valence-electron chi connectivity index (χ2n) is 5.28. The molecule has 0 saturated carbocycles. The van der Waals surface area contributed by atoms with Crippen LogP contribution in [0.5, 0.6) is 5.75 Å². The molecule has 0 bridgehead atoms. The van der Waals surface area contributed by atoms with Gasteiger partial charge in [-0.2, -0.15) is 0 Å². The van der Waals surface area contributed by atoms with E-state index in [2.05, 4.69) is 15.3 Å². The third-order valence-corrected chi connectivity index (χ3v) is 3.69. The number of carbonyl (C=O) groups excluding carboxylic acids is 1. The fourth-order valence-electron chi connectivity index (χ4n) is 2.51. The second kappa shape index (κ2) is 6.13. The zero-order valence-electron chi connectivity index (χ0n) is 12.0. The van der Waals surface area contributed by atoms with Gasteiger partial charge in [0, 0.05) is 25.7 Å². The lowest BCUT2D eigenvalue weighted by Gasteiger charge is -2.07. The van der Waals surface area contributed by atoms with Crippen LogP contribution in [-0.4, -0.2) is 36.2 Å². The molecule has 1 aromatic carbocycles. The SMILES string of the molecule is COc1ccc2nc(CNC(=O)C[C@@H]3CCOC3)[nH]c2c1. The van der Waals surface area contributed by atoms with E-state index in [-0.39, 0.29) is 5.91 Å². The number of benzene rings is 1. The predicted octanol–water partition coefficient (Wildman–Crippen LogP) is 1.61. The van der Waals surface area contributed by atoms with Crippen molar-refractivity contribution in [3.8, 4) is 5.75 Å². The van der Waals surface area contributed by atoms with Gasteiger partial charge >= 0.3 is 0 Å². The van der Waals surface area contributed by atoms with Crippen LogP contribution in [-0.2, 0) is 16.1 Å². The minimum atomic E-state index is 0.0449. The Kier molecular flexibility index (Phi) is 4.06. The van der Waals surface area contributed by atoms with Gasteiger partial charge < -0.3 is 19.8 Å². The lowest BCUT2D eigenvalue weighted by molar-refractivity contribution is -0.122. The number of aromatic nitrogens is 2. The molecule has 0 unspecified atom stereocenters. The molecule has 1 aromatic heterocycles. The van der Waals surface area contributed by atoms with E-state index in [0.717, 1.165) is 35.6 Å². The van der Waals surface area contributed by atoms with Crippen molar-refractivity contribution in [2.75, 3.05) is 20.3 Å². The lowest BCUT2D eigenvalue weighted by atomic mass is 10.1. The number of nitrogens with zero attached hydrogens (tertiary/aromatic N) is 1. The van der Waals surface area contributed by atoms with Crippen LogP contribution < -0.4 is 10.1 Å². The van der Waals surface area contributed by atoms with Crippen molar-refractivity contribution in [3.05, 3.63) is 24.0 Å². The molecular weight excluding hydrogens is 270 g/mol. The minimum Gasteiger partial charge on any atom is -0.497 e. The summed E-state index contributed by atoms with van der Waals surface area (Å²) in [5.74, 6) is 1.92. The predicted molar refractivity (Wildman–Crippen MR) is 78.0 cm³/mol. The van der Waals surface area contributed by atoms with Crippen LogP contribution in [0.2, 0.25) is 0 Å². The van der Waals surface area contributed by atoms with Gasteiger partial charge in [-0.25, -0.2) is 4.98 Å². The lowest BCUT2D eigenvalue weighted by Crippen LogP contribution is -2.25. The summed E-state index contributed by atoms with van der Waals surface area (Å²) in [5.41, 5.74) is 1.77. The molecule has 6 nitrogen and oxygen atoms in total. The summed E-state index contributed by atoms with van der Waals surface area (Å²) in [6.45, 7) is 1.87. The highest BCUT2D eigenvalue weighted by Gasteiger charge is 2.19. The van der Waals surface area contributed by atoms with Crippen molar-refractivity contribution in [2.45, 2.75) is 19.4 Å². The van der Waals surface area contributed by atoms with Gasteiger partial charge in [-0.1, -0.05) is 0 Å². The molecule has 2 N–H and O–H groups in total. The van der Waals surface area contributed by atoms with Crippen molar-refractivity contribution in [1.29, 1.82) is 0 Å². The molecule has 2 aromatic rings. The third-order valence-electron chi connectivity index (χ3n) is 3.69. The highest BCUT2D eigenvalue weighted by atomic mass is 16.5. The Bertz CT molecular complexity index is 632. The van der Waals surface area contributed by atoms with Crippen molar-refractivity contribution in [3.63, 3.8) is 0 Å². The highest BCUT2D eigenvalue weighted by Crippen LogP contribution is 2.19. The fraction of sp³-hybridized carbons (Fsp3) is 0.467. The maximum Gasteiger partial charge on any atom is 0.220 e. The molecule has 0 radical (unpaired) electrons. The quantitative estimate of drug-likeness (QED) is 0.877. The topological polar surface area (TPSA) is 76.2 Å². The maximum atomic E-state index is 11.9. The van der Waals surface area contributed by atoms with Gasteiger partial charge in [0.2, 0.25) is 5.91 Å². The first-order chi connectivity index (χ1) is 10.2. The molecule has 0 spiro atoms. The summed E-state index contributed by atoms with van der Waals surface area (Å²) in [6, 6.07) is 5.65. The van der Waals surface area contributed by atoms with E-state index in [1.54, 1.807) is 7.11 Å². The van der Waals surface area contributed by atoms with E-state index in [4.69, 9.17) is 9.47 Å². The van der Waals surface area contributed by atoms with E-state index in [9.17, 15) is 4.79 Å². The number of hydrogen-bond donors (Lipinski definition) is 2. The van der Waals surface area contributed by atoms with Crippen molar-refractivity contribution >= 4 is 16.9 Å². The van der Waals surface area contributed by atoms with Crippen LogP contribution in [0.15, 0.2) is 18.2 Å². The number of carbonyl (C=O) groups is 1. The number of rotatable bonds is 5. The normalized spacial score (nSPS) is 18.0. The first-order valence-electron chi connectivity index (χ1n) is 7.11. The first-order valence-corrected chi connectivity index (χ1v) is 7.11. The second-order valence-corrected chi connectivity index (χ2v) is 5.28. The number of H-pyrrole nitrogens is 1. The molecule has 2 heterocycles. The molecule has 1 aliphatic heterocycles. The molecule has 1 atom stereocenters. The molecule has 21 heavy (non-hydrogen) atoms. The number of ether oxygens (including phenoxy) is 2. The molecule has 1 saturated heterocycles. The average Bonchev–Trinajstić information content (AvgIpc) is 3.12. The van der Waals surface area contributed by atoms with Gasteiger partial charge in [-0.15, -0.1) is 0 Å². The van der Waals surface area contributed by atoms with Crippen LogP contribution >= 0.6 is 0 Å². The standard InChI is InChI=1S/C15H19N3O3/c1-20-11-2-3-12-13(7-11)18-14(17-12)8-16-15(19)6-10-4-5-21-9-10/h2-3,7,10H,4-6,8-9H2,1H3,(H,16,19)(H,17,18)/t10-/m0/s1. The monoisotopic (exact) mass is 289 g/mol. The molecular formula is C15H19N3O3. The first kappa shape index (κ1) is 13.9. The number of nitrogens with one attached hydrogen (secondary N) is 2. The smallest absolute Gasteiger partial charge is 0.220 e. The van der Waals surface area contributed by atoms with Crippen molar-refractivity contribution < 1.29 is 14.3 Å². The third kappa shape index (κ3) is 3.33. The van der Waals surface area contributed by atoms with Gasteiger partial charge in [0.15, 0.2) is 0 Å². The molecule has 1 aliphatic rings. The summed E-state index contributed by atoms with van der Waals surface area (Å²) in [5, 5.41) is 2.90. The van der Waals surface area contributed by atoms with Crippen LogP contribution in [0.4, 0.5) is 0 Å². The molecule has 6 heteroatoms. The van der Waals surface area contributed by atoms with Crippen LogP contribution in [0.3, 0.4) is 0 Å². The number of aromatic amines is 1. The summed E-state index contributed by atoms with van der Waals surface area (Å²) in [7, 11) is 1.63. The zero-order chi connectivity index (χ0) is 14.7. The number of fused-ring (bicyclic) bond motifs is 1. The Hall–Kier alpha value is -2.08. The van der Waals surface area contributed by atoms with Gasteiger partial charge in [0.25, 0.3) is 0 Å². The van der Waals surface area contributed by atoms with E-state index in [1.807, 2.05) is 18.2 Å². The van der Waals surface area contributed by atoms with E-state index in [0.29, 0.717) is 25.5 Å². The largest absolute Gasteiger partial charge is 0.497 e. The van der Waals surface area contributed by atoms with Crippen molar-refractivity contribution in [1.82, 2.24) is 15.3 Å². The Morgan fingerprint density at radius 3 is 3.24 bits per heavy atom. The molecule has 0 aliphatic carbocycles. The Morgan fingerprint density at radius 2 is 2.48 bits per heavy atom. The van der Waals surface area contributed by atoms with Crippen molar-refractivity contribution in [2.24, 2.45) is 5.92 Å². The summed E-state index contributed by atoms with van der Waals surface area (Å²) in [6.07, 6.45) is 1.49. The highest BCUT2D eigenvalue weighted by molar-refractivity contribution is 5.78. The molecule has 3 rings (SSSR count). The summed E-state index contributed by atoms with van der Waals surface area (Å²) < 4.78 is 10.4. The number of hydrogen-bond acceptors (Lipinski definition) is 4. The van der Waals surface area contributed by atoms with E-state index < -0.39 is 0 Å². The van der Waals surface area contributed by atoms with Gasteiger partial charge in [0.05, 0.1) is 24.7 Å². The minimum absolute atomic E-state index is 0.0449. The van der Waals surface area contributed by atoms with Crippen LogP contribution in [0.25, 0.3) is 11.0 Å². The Morgan fingerprint density at radius 1 is 1.57 bits per heavy atom. The number of imidazole rings is 1. The Labute approximate surface area is 122 Å². The van der Waals surface area contributed by atoms with Gasteiger partial charge in [0.1, 0.15) is 11.6 Å². The van der Waals surface area contributed by atoms with Gasteiger partial charge in [-0.05, 0) is 24.5 Å². The number of methoxy groups -OCH3 is 1. The Balaban J connectivity index is 1.58. The van der Waals surface area contributed by atoms with Crippen LogP contribution in [0.1, 0.15) is 18.7 Å². The zero-order valence-corrected chi connectivity index (χ0v) is 12.0. The summed E-state index contributed by atoms with van der Waals surface area (Å²) in [4.78, 5) is 19.5. The van der Waals surface area contributed by atoms with E-state index in [1.165, 1.54) is 0 Å². The van der Waals surface area contributed by atoms with E-state index >= 15 is 0 Å². The molecule has 1 fully saturated rings. The maximum absolute atomic E-state index is 11.9. The summed E-state index contributed by atoms with van der Waals surface area (Å²) >= 11 is 0. The number of amides is 1. The molecule has 112 valence electrons.